The zero-order valence-electron chi connectivity index (χ0n) is 9.76. The number of carbonyl (C=O) groups excluding carboxylic acids is 1. The smallest absolute Gasteiger partial charge is 0.253 e. The van der Waals surface area contributed by atoms with E-state index < -0.39 is 0 Å². The van der Waals surface area contributed by atoms with Crippen LogP contribution >= 0.6 is 43.2 Å². The fraction of sp³-hybridized carbons (Fsp3) is 0.417. The lowest BCUT2D eigenvalue weighted by molar-refractivity contribution is 0.0954. The fourth-order valence-corrected chi connectivity index (χ4v) is 4.62. The van der Waals surface area contributed by atoms with Crippen LogP contribution in [0.1, 0.15) is 23.2 Å². The van der Waals surface area contributed by atoms with Crippen molar-refractivity contribution in [1.82, 2.24) is 10.6 Å². The predicted octanol–water partition coefficient (Wildman–Crippen LogP) is 3.31. The summed E-state index contributed by atoms with van der Waals surface area (Å²) in [6.07, 6.45) is 4.24. The zero-order chi connectivity index (χ0) is 13.0. The van der Waals surface area contributed by atoms with Crippen LogP contribution in [-0.4, -0.2) is 25.5 Å². The van der Waals surface area contributed by atoms with Gasteiger partial charge in [0.15, 0.2) is 0 Å². The number of nitrogens with one attached hydrogen (secondary N) is 2. The largest absolute Gasteiger partial charge is 0.352 e. The van der Waals surface area contributed by atoms with Crippen LogP contribution in [0.2, 0.25) is 0 Å². The van der Waals surface area contributed by atoms with Crippen molar-refractivity contribution in [1.29, 1.82) is 0 Å². The molecule has 1 aromatic heterocycles. The highest BCUT2D eigenvalue weighted by Crippen LogP contribution is 2.31. The molecular weight excluding hydrogens is 380 g/mol. The fourth-order valence-electron chi connectivity index (χ4n) is 1.82. The van der Waals surface area contributed by atoms with E-state index in [2.05, 4.69) is 48.6 Å². The van der Waals surface area contributed by atoms with Gasteiger partial charge in [0.1, 0.15) is 0 Å². The molecule has 1 aliphatic heterocycles. The molecule has 1 aliphatic rings. The molecule has 6 heteroatoms. The highest BCUT2D eigenvalue weighted by atomic mass is 79.9. The first kappa shape index (κ1) is 14.2. The molecule has 98 valence electrons. The number of rotatable bonds is 4. The molecule has 0 aliphatic carbocycles. The van der Waals surface area contributed by atoms with E-state index in [1.807, 2.05) is 6.07 Å². The summed E-state index contributed by atoms with van der Waals surface area (Å²) >= 11 is 8.28. The van der Waals surface area contributed by atoms with Crippen LogP contribution in [-0.2, 0) is 0 Å². The number of hydrogen-bond donors (Lipinski definition) is 2. The van der Waals surface area contributed by atoms with Gasteiger partial charge in [-0.3, -0.25) is 4.79 Å². The van der Waals surface area contributed by atoms with Crippen molar-refractivity contribution in [2.75, 3.05) is 19.6 Å². The molecule has 2 N–H and O–H groups in total. The highest BCUT2D eigenvalue weighted by Gasteiger charge is 2.13. The molecule has 0 bridgehead atoms. The van der Waals surface area contributed by atoms with E-state index in [9.17, 15) is 4.79 Å². The number of carbonyl (C=O) groups is 1. The van der Waals surface area contributed by atoms with E-state index in [0.29, 0.717) is 12.1 Å². The lowest BCUT2D eigenvalue weighted by atomic mass is 10.1. The minimum atomic E-state index is -0.0154. The number of thiophene rings is 1. The van der Waals surface area contributed by atoms with Gasteiger partial charge in [0, 0.05) is 13.1 Å². The molecule has 0 saturated heterocycles. The van der Waals surface area contributed by atoms with Crippen molar-refractivity contribution < 1.29 is 4.79 Å². The minimum absolute atomic E-state index is 0.0154. The Bertz CT molecular complexity index is 471. The maximum atomic E-state index is 11.9. The molecule has 2 rings (SSSR count). The van der Waals surface area contributed by atoms with Crippen molar-refractivity contribution >= 4 is 49.1 Å². The van der Waals surface area contributed by atoms with E-state index in [1.165, 1.54) is 16.9 Å². The number of halogens is 2. The molecule has 0 fully saturated rings. The normalized spacial score (nSPS) is 15.3. The van der Waals surface area contributed by atoms with Crippen LogP contribution < -0.4 is 10.6 Å². The molecule has 0 saturated carbocycles. The summed E-state index contributed by atoms with van der Waals surface area (Å²) in [6.45, 7) is 2.69. The standard InChI is InChI=1S/C12H14Br2N2OS/c13-10-7-9(11(14)18-10)12(17)16-6-3-8-1-4-15-5-2-8/h1,7,15H,2-6H2,(H,16,17). The van der Waals surface area contributed by atoms with Gasteiger partial charge in [-0.2, -0.15) is 0 Å². The van der Waals surface area contributed by atoms with Gasteiger partial charge in [-0.05, 0) is 57.3 Å². The zero-order valence-corrected chi connectivity index (χ0v) is 13.8. The van der Waals surface area contributed by atoms with Crippen LogP contribution in [0, 0.1) is 0 Å². The highest BCUT2D eigenvalue weighted by molar-refractivity contribution is 9.12. The van der Waals surface area contributed by atoms with Crippen molar-refractivity contribution in [3.8, 4) is 0 Å². The number of hydrogen-bond acceptors (Lipinski definition) is 3. The third kappa shape index (κ3) is 3.91. The minimum Gasteiger partial charge on any atom is -0.352 e. The van der Waals surface area contributed by atoms with E-state index in [0.717, 1.165) is 33.5 Å². The van der Waals surface area contributed by atoms with Gasteiger partial charge in [-0.1, -0.05) is 11.6 Å². The molecule has 0 aromatic carbocycles. The maximum absolute atomic E-state index is 11.9. The van der Waals surface area contributed by atoms with E-state index >= 15 is 0 Å². The first-order valence-electron chi connectivity index (χ1n) is 5.78. The van der Waals surface area contributed by atoms with E-state index in [1.54, 1.807) is 0 Å². The second-order valence-electron chi connectivity index (χ2n) is 4.06. The molecule has 1 amide bonds. The van der Waals surface area contributed by atoms with Crippen molar-refractivity contribution in [3.05, 3.63) is 30.9 Å². The molecule has 2 heterocycles. The van der Waals surface area contributed by atoms with Gasteiger partial charge in [-0.15, -0.1) is 11.3 Å². The second kappa shape index (κ2) is 6.84. The average molecular weight is 394 g/mol. The van der Waals surface area contributed by atoms with Gasteiger partial charge < -0.3 is 10.6 Å². The predicted molar refractivity (Wildman–Crippen MR) is 82.2 cm³/mol. The van der Waals surface area contributed by atoms with Crippen molar-refractivity contribution in [2.45, 2.75) is 12.8 Å². The van der Waals surface area contributed by atoms with Crippen molar-refractivity contribution in [2.24, 2.45) is 0 Å². The van der Waals surface area contributed by atoms with E-state index in [4.69, 9.17) is 0 Å². The van der Waals surface area contributed by atoms with Gasteiger partial charge in [0.05, 0.1) is 13.1 Å². The van der Waals surface area contributed by atoms with Crippen molar-refractivity contribution in [3.63, 3.8) is 0 Å². The lowest BCUT2D eigenvalue weighted by Gasteiger charge is -2.14. The maximum Gasteiger partial charge on any atom is 0.253 e. The summed E-state index contributed by atoms with van der Waals surface area (Å²) in [7, 11) is 0. The summed E-state index contributed by atoms with van der Waals surface area (Å²) in [5.41, 5.74) is 2.13. The summed E-state index contributed by atoms with van der Waals surface area (Å²) in [5, 5.41) is 6.23. The van der Waals surface area contributed by atoms with Crippen LogP contribution in [0.3, 0.4) is 0 Å². The Morgan fingerprint density at radius 2 is 2.33 bits per heavy atom. The Labute approximate surface area is 127 Å². The summed E-state index contributed by atoms with van der Waals surface area (Å²) in [4.78, 5) is 11.9. The van der Waals surface area contributed by atoms with Crippen LogP contribution in [0.5, 0.6) is 0 Å². The Morgan fingerprint density at radius 3 is 2.94 bits per heavy atom. The molecule has 18 heavy (non-hydrogen) atoms. The van der Waals surface area contributed by atoms with Crippen LogP contribution in [0.4, 0.5) is 0 Å². The summed E-state index contributed by atoms with van der Waals surface area (Å²) < 4.78 is 1.83. The Kier molecular flexibility index (Phi) is 5.41. The average Bonchev–Trinajstić information content (AvgIpc) is 2.70. The Morgan fingerprint density at radius 1 is 1.50 bits per heavy atom. The quantitative estimate of drug-likeness (QED) is 0.770. The number of amides is 1. The van der Waals surface area contributed by atoms with Gasteiger partial charge in [0.25, 0.3) is 5.91 Å². The van der Waals surface area contributed by atoms with Gasteiger partial charge in [-0.25, -0.2) is 0 Å². The van der Waals surface area contributed by atoms with E-state index in [-0.39, 0.29) is 5.91 Å². The SMILES string of the molecule is O=C(NCCC1=CCNCC1)c1cc(Br)sc1Br. The molecule has 0 spiro atoms. The monoisotopic (exact) mass is 392 g/mol. The Hall–Kier alpha value is -0.170. The molecule has 0 atom stereocenters. The first-order valence-corrected chi connectivity index (χ1v) is 8.18. The Balaban J connectivity index is 1.81. The second-order valence-corrected chi connectivity index (χ2v) is 7.81. The summed E-state index contributed by atoms with van der Waals surface area (Å²) in [6, 6.07) is 1.84. The van der Waals surface area contributed by atoms with Crippen LogP contribution in [0.25, 0.3) is 0 Å². The molecule has 1 aromatic rings. The molecule has 3 nitrogen and oxygen atoms in total. The van der Waals surface area contributed by atoms with Gasteiger partial charge in [0.2, 0.25) is 0 Å². The van der Waals surface area contributed by atoms with Gasteiger partial charge >= 0.3 is 0 Å². The lowest BCUT2D eigenvalue weighted by Crippen LogP contribution is -2.26. The molecule has 0 radical (unpaired) electrons. The third-order valence-corrected chi connectivity index (χ3v) is 5.13. The topological polar surface area (TPSA) is 41.1 Å². The molecule has 0 unspecified atom stereocenters. The summed E-state index contributed by atoms with van der Waals surface area (Å²) in [5.74, 6) is -0.0154. The van der Waals surface area contributed by atoms with Crippen LogP contribution in [0.15, 0.2) is 25.3 Å². The first-order chi connectivity index (χ1) is 8.66. The molecular formula is C12H14Br2N2OS. The third-order valence-electron chi connectivity index (χ3n) is 2.79.